The molecule has 0 amide bonds. The Hall–Kier alpha value is -3.93. The lowest BCUT2D eigenvalue weighted by Crippen LogP contribution is -2.43. The van der Waals surface area contributed by atoms with Crippen LogP contribution in [0.15, 0.2) is 91.1 Å². The second-order valence-electron chi connectivity index (χ2n) is 10.5. The maximum absolute atomic E-state index is 6.01. The minimum absolute atomic E-state index is 0.524. The van der Waals surface area contributed by atoms with Crippen molar-refractivity contribution in [1.82, 2.24) is 14.8 Å². The molecule has 5 heteroatoms. The number of hydrogen-bond donors (Lipinski definition) is 0. The van der Waals surface area contributed by atoms with E-state index in [2.05, 4.69) is 65.4 Å². The van der Waals surface area contributed by atoms with E-state index < -0.39 is 0 Å². The molecule has 1 aliphatic carbocycles. The monoisotopic (exact) mass is 517 g/mol. The van der Waals surface area contributed by atoms with Crippen molar-refractivity contribution >= 4 is 5.57 Å². The van der Waals surface area contributed by atoms with Crippen molar-refractivity contribution in [2.24, 2.45) is 0 Å². The lowest BCUT2D eigenvalue weighted by molar-refractivity contribution is 0.148. The van der Waals surface area contributed by atoms with Gasteiger partial charge in [-0.2, -0.15) is 0 Å². The van der Waals surface area contributed by atoms with Gasteiger partial charge in [0.25, 0.3) is 0 Å². The Labute approximate surface area is 231 Å². The molecular weight excluding hydrogens is 482 g/mol. The van der Waals surface area contributed by atoms with E-state index in [-0.39, 0.29) is 0 Å². The molecule has 1 aliphatic heterocycles. The summed E-state index contributed by atoms with van der Waals surface area (Å²) >= 11 is 0. The Morgan fingerprint density at radius 3 is 2.13 bits per heavy atom. The Kier molecular flexibility index (Phi) is 7.44. The van der Waals surface area contributed by atoms with Crippen LogP contribution in [0.25, 0.3) is 16.7 Å². The molecule has 4 aromatic rings. The van der Waals surface area contributed by atoms with Gasteiger partial charge in [-0.05, 0) is 65.2 Å². The van der Waals surface area contributed by atoms with E-state index >= 15 is 0 Å². The van der Waals surface area contributed by atoms with Crippen LogP contribution in [0.1, 0.15) is 27.9 Å². The average Bonchev–Trinajstić information content (AvgIpc) is 3.41. The van der Waals surface area contributed by atoms with Gasteiger partial charge in [0.1, 0.15) is 18.1 Å². The smallest absolute Gasteiger partial charge is 0.119 e. The second-order valence-corrected chi connectivity index (χ2v) is 10.5. The first kappa shape index (κ1) is 25.4. The number of piperazine rings is 1. The standard InChI is InChI=1S/C34H35N3O2/c1-36-17-19-37(20-18-36)23-25-3-7-27(8-4-25)29-21-33-32(15-16-34(33)35-22-29)28-9-13-31(14-10-28)39-24-26-5-11-30(38-2)12-6-26/h3-15,21-22H,16-20,23-24H2,1-2H3. The van der Waals surface area contributed by atoms with Gasteiger partial charge in [0.05, 0.1) is 12.8 Å². The van der Waals surface area contributed by atoms with Crippen molar-refractivity contribution in [3.8, 4) is 22.6 Å². The normalized spacial score (nSPS) is 15.6. The first-order valence-electron chi connectivity index (χ1n) is 13.7. The SMILES string of the molecule is COc1ccc(COc2ccc(C3=CCc4ncc(-c5ccc(CN6CCN(C)CC6)cc5)cc43)cc2)cc1. The molecule has 1 saturated heterocycles. The summed E-state index contributed by atoms with van der Waals surface area (Å²) in [5, 5.41) is 0. The molecule has 0 atom stereocenters. The Morgan fingerprint density at radius 2 is 1.41 bits per heavy atom. The molecule has 0 unspecified atom stereocenters. The third-order valence-electron chi connectivity index (χ3n) is 7.78. The molecular formula is C34H35N3O2. The molecule has 0 saturated carbocycles. The molecule has 2 aliphatic rings. The summed E-state index contributed by atoms with van der Waals surface area (Å²) in [7, 11) is 3.88. The zero-order chi connectivity index (χ0) is 26.6. The number of rotatable bonds is 8. The highest BCUT2D eigenvalue weighted by Crippen LogP contribution is 2.35. The van der Waals surface area contributed by atoms with Gasteiger partial charge in [0.2, 0.25) is 0 Å². The van der Waals surface area contributed by atoms with Gasteiger partial charge in [0, 0.05) is 56.5 Å². The number of pyridine rings is 1. The van der Waals surface area contributed by atoms with Crippen molar-refractivity contribution in [3.63, 3.8) is 0 Å². The Balaban J connectivity index is 1.12. The molecule has 5 nitrogen and oxygen atoms in total. The van der Waals surface area contributed by atoms with E-state index in [4.69, 9.17) is 14.5 Å². The van der Waals surface area contributed by atoms with E-state index in [1.165, 1.54) is 27.8 Å². The van der Waals surface area contributed by atoms with Gasteiger partial charge in [-0.3, -0.25) is 9.88 Å². The summed E-state index contributed by atoms with van der Waals surface area (Å²) in [5.41, 5.74) is 9.64. The zero-order valence-corrected chi connectivity index (χ0v) is 22.8. The summed E-state index contributed by atoms with van der Waals surface area (Å²) in [4.78, 5) is 9.77. The number of allylic oxidation sites excluding steroid dienone is 1. The van der Waals surface area contributed by atoms with E-state index in [1.54, 1.807) is 7.11 Å². The number of methoxy groups -OCH3 is 1. The summed E-state index contributed by atoms with van der Waals surface area (Å²) in [6.07, 6.45) is 5.17. The molecule has 39 heavy (non-hydrogen) atoms. The number of benzene rings is 3. The lowest BCUT2D eigenvalue weighted by Gasteiger charge is -2.32. The number of nitrogens with zero attached hydrogens (tertiary/aromatic N) is 3. The molecule has 0 spiro atoms. The quantitative estimate of drug-likeness (QED) is 0.284. The third-order valence-corrected chi connectivity index (χ3v) is 7.78. The van der Waals surface area contributed by atoms with Crippen molar-refractivity contribution in [1.29, 1.82) is 0 Å². The van der Waals surface area contributed by atoms with Crippen LogP contribution in [-0.2, 0) is 19.6 Å². The van der Waals surface area contributed by atoms with Crippen molar-refractivity contribution in [3.05, 3.63) is 119 Å². The number of fused-ring (bicyclic) bond motifs is 1. The fraction of sp³-hybridized carbons (Fsp3) is 0.265. The fourth-order valence-corrected chi connectivity index (χ4v) is 5.31. The van der Waals surface area contributed by atoms with Crippen LogP contribution in [0, 0.1) is 0 Å². The van der Waals surface area contributed by atoms with Crippen LogP contribution in [0.2, 0.25) is 0 Å². The Bertz CT molecular complexity index is 1440. The van der Waals surface area contributed by atoms with Gasteiger partial charge in [-0.1, -0.05) is 54.6 Å². The summed E-state index contributed by atoms with van der Waals surface area (Å²) in [6, 6.07) is 27.7. The minimum atomic E-state index is 0.524. The number of aromatic nitrogens is 1. The van der Waals surface area contributed by atoms with Crippen LogP contribution in [-0.4, -0.2) is 55.1 Å². The maximum Gasteiger partial charge on any atom is 0.119 e. The molecule has 2 heterocycles. The minimum Gasteiger partial charge on any atom is -0.497 e. The van der Waals surface area contributed by atoms with Gasteiger partial charge in [-0.15, -0.1) is 0 Å². The Morgan fingerprint density at radius 1 is 0.744 bits per heavy atom. The highest BCUT2D eigenvalue weighted by Gasteiger charge is 2.18. The summed E-state index contributed by atoms with van der Waals surface area (Å²) in [6.45, 7) is 6.11. The average molecular weight is 518 g/mol. The summed E-state index contributed by atoms with van der Waals surface area (Å²) < 4.78 is 11.2. The molecule has 6 rings (SSSR count). The lowest BCUT2D eigenvalue weighted by atomic mass is 9.97. The predicted octanol–water partition coefficient (Wildman–Crippen LogP) is 6.07. The zero-order valence-electron chi connectivity index (χ0n) is 22.8. The molecule has 198 valence electrons. The van der Waals surface area contributed by atoms with Gasteiger partial charge in [0.15, 0.2) is 0 Å². The first-order chi connectivity index (χ1) is 19.1. The van der Waals surface area contributed by atoms with Crippen LogP contribution in [0.5, 0.6) is 11.5 Å². The van der Waals surface area contributed by atoms with Crippen LogP contribution in [0.4, 0.5) is 0 Å². The van der Waals surface area contributed by atoms with E-state index in [0.29, 0.717) is 6.61 Å². The van der Waals surface area contributed by atoms with Crippen molar-refractivity contribution in [2.75, 3.05) is 40.3 Å². The molecule has 0 radical (unpaired) electrons. The van der Waals surface area contributed by atoms with Crippen molar-refractivity contribution in [2.45, 2.75) is 19.6 Å². The largest absolute Gasteiger partial charge is 0.497 e. The summed E-state index contributed by atoms with van der Waals surface area (Å²) in [5.74, 6) is 1.71. The second kappa shape index (κ2) is 11.4. The molecule has 3 aromatic carbocycles. The number of hydrogen-bond acceptors (Lipinski definition) is 5. The van der Waals surface area contributed by atoms with E-state index in [1.807, 2.05) is 42.6 Å². The molecule has 0 N–H and O–H groups in total. The highest BCUT2D eigenvalue weighted by atomic mass is 16.5. The van der Waals surface area contributed by atoms with Gasteiger partial charge >= 0.3 is 0 Å². The van der Waals surface area contributed by atoms with Gasteiger partial charge in [-0.25, -0.2) is 0 Å². The first-order valence-corrected chi connectivity index (χ1v) is 13.7. The number of ether oxygens (including phenoxy) is 2. The van der Waals surface area contributed by atoms with E-state index in [9.17, 15) is 0 Å². The highest BCUT2D eigenvalue weighted by molar-refractivity contribution is 5.86. The van der Waals surface area contributed by atoms with Crippen LogP contribution in [0.3, 0.4) is 0 Å². The topological polar surface area (TPSA) is 37.8 Å². The third kappa shape index (κ3) is 5.90. The van der Waals surface area contributed by atoms with Crippen molar-refractivity contribution < 1.29 is 9.47 Å². The van der Waals surface area contributed by atoms with Gasteiger partial charge < -0.3 is 14.4 Å². The van der Waals surface area contributed by atoms with E-state index in [0.717, 1.165) is 67.5 Å². The van der Waals surface area contributed by atoms with Crippen LogP contribution < -0.4 is 9.47 Å². The van der Waals surface area contributed by atoms with Crippen LogP contribution >= 0.6 is 0 Å². The maximum atomic E-state index is 6.01. The molecule has 0 bridgehead atoms. The predicted molar refractivity (Wildman–Crippen MR) is 157 cm³/mol. The molecule has 1 aromatic heterocycles. The molecule has 1 fully saturated rings. The number of likely N-dealkylation sites (N-methyl/N-ethyl adjacent to an activating group) is 1. The fourth-order valence-electron chi connectivity index (χ4n) is 5.31.